The fourth-order valence-corrected chi connectivity index (χ4v) is 9.02. The standard InChI is InChI=1S/C54H44/c1-3-18-44-43(4-2)51(39-19-7-5-8-20-39)45-25-11-12-26-46(45)53(44)41-24-17-23-37(31-34-41)38-32-35-42(36-33-38)54-49-29-15-13-27-47(49)52(40-21-9-6-10-22-40)48-28-14-16-30-50(48)54/h3-13,15,18-32,34-35H,2,14,16-17,33,36H2,1H3/b18-3-. The van der Waals surface area contributed by atoms with Crippen molar-refractivity contribution in [3.05, 3.63) is 202 Å². The Bertz CT molecular complexity index is 2780. The van der Waals surface area contributed by atoms with Crippen LogP contribution in [0, 0.1) is 0 Å². The van der Waals surface area contributed by atoms with E-state index in [0.717, 1.165) is 32.1 Å². The van der Waals surface area contributed by atoms with Crippen LogP contribution in [0.15, 0.2) is 169 Å². The van der Waals surface area contributed by atoms with Gasteiger partial charge < -0.3 is 0 Å². The molecule has 6 aromatic rings. The molecule has 0 bridgehead atoms. The minimum atomic E-state index is 0.878. The number of hydrogen-bond acceptors (Lipinski definition) is 0. The molecular formula is C54H44. The van der Waals surface area contributed by atoms with Gasteiger partial charge in [0.25, 0.3) is 0 Å². The van der Waals surface area contributed by atoms with Gasteiger partial charge in [-0.2, -0.15) is 0 Å². The van der Waals surface area contributed by atoms with Crippen LogP contribution in [-0.4, -0.2) is 0 Å². The highest BCUT2D eigenvalue weighted by Crippen LogP contribution is 2.43. The van der Waals surface area contributed by atoms with Gasteiger partial charge in [-0.05, 0) is 138 Å². The summed E-state index contributed by atoms with van der Waals surface area (Å²) >= 11 is 0. The van der Waals surface area contributed by atoms with Crippen LogP contribution >= 0.6 is 0 Å². The van der Waals surface area contributed by atoms with Gasteiger partial charge in [-0.1, -0.05) is 183 Å². The van der Waals surface area contributed by atoms with E-state index in [1.807, 2.05) is 6.08 Å². The van der Waals surface area contributed by atoms with Crippen molar-refractivity contribution >= 4 is 57.0 Å². The monoisotopic (exact) mass is 692 g/mol. The lowest BCUT2D eigenvalue weighted by Crippen LogP contribution is -2.33. The Labute approximate surface area is 319 Å². The quantitative estimate of drug-likeness (QED) is 0.156. The first-order chi connectivity index (χ1) is 26.7. The van der Waals surface area contributed by atoms with E-state index in [9.17, 15) is 0 Å². The average Bonchev–Trinajstić information content (AvgIpc) is 3.49. The van der Waals surface area contributed by atoms with Gasteiger partial charge in [0.1, 0.15) is 0 Å². The summed E-state index contributed by atoms with van der Waals surface area (Å²) in [6.45, 7) is 6.44. The first kappa shape index (κ1) is 33.6. The lowest BCUT2D eigenvalue weighted by atomic mass is 9.82. The molecule has 0 unspecified atom stereocenters. The molecule has 0 radical (unpaired) electrons. The Morgan fingerprint density at radius 3 is 1.59 bits per heavy atom. The molecule has 0 spiro atoms. The molecule has 3 aliphatic rings. The summed E-state index contributed by atoms with van der Waals surface area (Å²) in [6, 6.07) is 39.6. The molecule has 260 valence electrons. The van der Waals surface area contributed by atoms with E-state index >= 15 is 0 Å². The number of rotatable bonds is 7. The molecule has 54 heavy (non-hydrogen) atoms. The van der Waals surface area contributed by atoms with Crippen LogP contribution in [-0.2, 0) is 0 Å². The normalized spacial score (nSPS) is 15.4. The van der Waals surface area contributed by atoms with E-state index in [1.54, 1.807) is 0 Å². The van der Waals surface area contributed by atoms with E-state index in [-0.39, 0.29) is 0 Å². The second-order valence-corrected chi connectivity index (χ2v) is 14.4. The van der Waals surface area contributed by atoms with Crippen LogP contribution in [0.25, 0.3) is 79.2 Å². The maximum Gasteiger partial charge on any atom is -0.00266 e. The van der Waals surface area contributed by atoms with E-state index in [2.05, 4.69) is 183 Å². The van der Waals surface area contributed by atoms with Crippen LogP contribution in [0.5, 0.6) is 0 Å². The fourth-order valence-electron chi connectivity index (χ4n) is 9.02. The van der Waals surface area contributed by atoms with Crippen LogP contribution in [0.4, 0.5) is 0 Å². The largest absolute Gasteiger partial charge is 0.0984 e. The van der Waals surface area contributed by atoms with Crippen LogP contribution in [0.3, 0.4) is 0 Å². The maximum absolute atomic E-state index is 4.33. The summed E-state index contributed by atoms with van der Waals surface area (Å²) < 4.78 is 0. The fraction of sp³-hybridized carbons (Fsp3) is 0.111. The number of allylic oxidation sites excluding steroid dienone is 11. The van der Waals surface area contributed by atoms with Crippen molar-refractivity contribution in [2.24, 2.45) is 0 Å². The first-order valence-electron chi connectivity index (χ1n) is 19.4. The average molecular weight is 693 g/mol. The van der Waals surface area contributed by atoms with Crippen molar-refractivity contribution in [2.45, 2.75) is 39.0 Å². The SMILES string of the molecule is C=Cc1c(/C=C\C)c(C2=CCC=C(C3=CC=C(c4c5c(c(-c6ccccc6)c6ccccc46)=CCCC=5)CC3)C=C2)c2ccccc2c1-c1ccccc1. The summed E-state index contributed by atoms with van der Waals surface area (Å²) in [5.41, 5.74) is 15.6. The van der Waals surface area contributed by atoms with Crippen molar-refractivity contribution < 1.29 is 0 Å². The Balaban J connectivity index is 1.11. The summed E-state index contributed by atoms with van der Waals surface area (Å²) in [5, 5.41) is 8.02. The highest BCUT2D eigenvalue weighted by atomic mass is 14.3. The van der Waals surface area contributed by atoms with E-state index < -0.39 is 0 Å². The molecule has 0 saturated heterocycles. The summed E-state index contributed by atoms with van der Waals surface area (Å²) in [5.74, 6) is 0. The smallest absolute Gasteiger partial charge is 0.00266 e. The molecule has 0 atom stereocenters. The lowest BCUT2D eigenvalue weighted by Gasteiger charge is -2.21. The first-order valence-corrected chi connectivity index (χ1v) is 19.4. The van der Waals surface area contributed by atoms with E-state index in [0.29, 0.717) is 0 Å². The molecule has 0 nitrogen and oxygen atoms in total. The van der Waals surface area contributed by atoms with Gasteiger partial charge >= 0.3 is 0 Å². The molecule has 0 aliphatic heterocycles. The molecular weight excluding hydrogens is 649 g/mol. The highest BCUT2D eigenvalue weighted by molar-refractivity contribution is 6.10. The molecule has 0 N–H and O–H groups in total. The van der Waals surface area contributed by atoms with Crippen molar-refractivity contribution in [1.82, 2.24) is 0 Å². The second kappa shape index (κ2) is 14.6. The molecule has 0 heteroatoms. The third-order valence-corrected chi connectivity index (χ3v) is 11.4. The summed E-state index contributed by atoms with van der Waals surface area (Å²) in [4.78, 5) is 0. The minimum absolute atomic E-state index is 0.878. The minimum Gasteiger partial charge on any atom is -0.0984 e. The Morgan fingerprint density at radius 2 is 0.981 bits per heavy atom. The van der Waals surface area contributed by atoms with Gasteiger partial charge in [-0.15, -0.1) is 0 Å². The molecule has 9 rings (SSSR count). The Kier molecular flexibility index (Phi) is 9.11. The topological polar surface area (TPSA) is 0 Å². The number of benzene rings is 6. The lowest BCUT2D eigenvalue weighted by molar-refractivity contribution is 0.990. The van der Waals surface area contributed by atoms with Crippen molar-refractivity contribution in [1.29, 1.82) is 0 Å². The van der Waals surface area contributed by atoms with Gasteiger partial charge in [0.05, 0.1) is 0 Å². The third-order valence-electron chi connectivity index (χ3n) is 11.4. The maximum atomic E-state index is 4.33. The molecule has 3 aliphatic carbocycles. The van der Waals surface area contributed by atoms with Crippen molar-refractivity contribution in [3.8, 4) is 22.3 Å². The van der Waals surface area contributed by atoms with E-state index in [1.165, 1.54) is 98.8 Å². The molecule has 0 amide bonds. The van der Waals surface area contributed by atoms with Crippen LogP contribution < -0.4 is 10.4 Å². The van der Waals surface area contributed by atoms with Gasteiger partial charge in [0.2, 0.25) is 0 Å². The predicted octanol–water partition coefficient (Wildman–Crippen LogP) is 13.4. The number of hydrogen-bond donors (Lipinski definition) is 0. The zero-order chi connectivity index (χ0) is 36.4. The van der Waals surface area contributed by atoms with E-state index in [4.69, 9.17) is 0 Å². The molecule has 6 aromatic carbocycles. The highest BCUT2D eigenvalue weighted by Gasteiger charge is 2.22. The van der Waals surface area contributed by atoms with Gasteiger partial charge in [-0.3, -0.25) is 0 Å². The summed E-state index contributed by atoms with van der Waals surface area (Å²) in [6.07, 6.45) is 30.8. The van der Waals surface area contributed by atoms with Crippen molar-refractivity contribution in [2.75, 3.05) is 0 Å². The second-order valence-electron chi connectivity index (χ2n) is 14.4. The molecule has 0 aromatic heterocycles. The van der Waals surface area contributed by atoms with Crippen molar-refractivity contribution in [3.63, 3.8) is 0 Å². The zero-order valence-corrected chi connectivity index (χ0v) is 31.0. The molecule has 0 saturated carbocycles. The zero-order valence-electron chi connectivity index (χ0n) is 31.0. The third kappa shape index (κ3) is 5.89. The van der Waals surface area contributed by atoms with Crippen LogP contribution in [0.2, 0.25) is 0 Å². The molecule has 0 fully saturated rings. The van der Waals surface area contributed by atoms with Crippen LogP contribution in [0.1, 0.15) is 61.3 Å². The Hall–Kier alpha value is -6.24. The predicted molar refractivity (Wildman–Crippen MR) is 236 cm³/mol. The van der Waals surface area contributed by atoms with Gasteiger partial charge in [-0.25, -0.2) is 0 Å². The van der Waals surface area contributed by atoms with Gasteiger partial charge in [0, 0.05) is 0 Å². The Morgan fingerprint density at radius 1 is 0.481 bits per heavy atom. The van der Waals surface area contributed by atoms with Gasteiger partial charge in [0.15, 0.2) is 0 Å². The molecule has 0 heterocycles. The number of fused-ring (bicyclic) bond motifs is 3. The summed E-state index contributed by atoms with van der Waals surface area (Å²) in [7, 11) is 0.